The van der Waals surface area contributed by atoms with E-state index in [-0.39, 0.29) is 5.54 Å². The Balaban J connectivity index is 4.54. The lowest BCUT2D eigenvalue weighted by atomic mass is 9.99. The Morgan fingerprint density at radius 1 is 1.22 bits per heavy atom. The van der Waals surface area contributed by atoms with Crippen molar-refractivity contribution in [2.75, 3.05) is 19.6 Å². The van der Waals surface area contributed by atoms with E-state index < -0.39 is 0 Å². The minimum absolute atomic E-state index is 0.202. The first-order chi connectivity index (χ1) is 8.32. The van der Waals surface area contributed by atoms with E-state index in [0.717, 1.165) is 25.6 Å². The maximum absolute atomic E-state index is 3.90. The fourth-order valence-electron chi connectivity index (χ4n) is 2.35. The van der Waals surface area contributed by atoms with Gasteiger partial charge in [-0.25, -0.2) is 0 Å². The van der Waals surface area contributed by atoms with Gasteiger partial charge in [-0.3, -0.25) is 4.90 Å². The largest absolute Gasteiger partial charge is 0.315 e. The second-order valence-corrected chi connectivity index (χ2v) is 6.61. The molecule has 2 nitrogen and oxygen atoms in total. The summed E-state index contributed by atoms with van der Waals surface area (Å²) < 4.78 is 0. The van der Waals surface area contributed by atoms with Crippen molar-refractivity contribution in [3.05, 3.63) is 12.7 Å². The molecule has 0 aliphatic rings. The van der Waals surface area contributed by atoms with Crippen LogP contribution < -0.4 is 5.32 Å². The van der Waals surface area contributed by atoms with Crippen LogP contribution in [-0.2, 0) is 0 Å². The van der Waals surface area contributed by atoms with Crippen LogP contribution in [0.25, 0.3) is 0 Å². The van der Waals surface area contributed by atoms with Crippen LogP contribution in [0.1, 0.15) is 54.4 Å². The van der Waals surface area contributed by atoms with Crippen LogP contribution in [0.3, 0.4) is 0 Å². The van der Waals surface area contributed by atoms with Crippen LogP contribution >= 0.6 is 0 Å². The third-order valence-corrected chi connectivity index (χ3v) is 3.18. The lowest BCUT2D eigenvalue weighted by Crippen LogP contribution is -2.52. The molecule has 108 valence electrons. The van der Waals surface area contributed by atoms with Gasteiger partial charge in [-0.15, -0.1) is 6.58 Å². The number of nitrogens with zero attached hydrogens (tertiary/aromatic N) is 1. The first kappa shape index (κ1) is 17.7. The summed E-state index contributed by atoms with van der Waals surface area (Å²) in [5.41, 5.74) is 0.202. The van der Waals surface area contributed by atoms with Gasteiger partial charge in [-0.05, 0) is 39.7 Å². The van der Waals surface area contributed by atoms with Crippen molar-refractivity contribution in [3.63, 3.8) is 0 Å². The van der Waals surface area contributed by atoms with Crippen LogP contribution in [0.15, 0.2) is 12.7 Å². The number of hydrogen-bond donors (Lipinski definition) is 1. The molecular weight excluding hydrogens is 220 g/mol. The Morgan fingerprint density at radius 3 is 2.22 bits per heavy atom. The van der Waals surface area contributed by atoms with Gasteiger partial charge in [0.1, 0.15) is 0 Å². The second-order valence-electron chi connectivity index (χ2n) is 6.61. The summed E-state index contributed by atoms with van der Waals surface area (Å²) in [5.74, 6) is 0.717. The van der Waals surface area contributed by atoms with Gasteiger partial charge in [0.25, 0.3) is 0 Å². The molecule has 18 heavy (non-hydrogen) atoms. The summed E-state index contributed by atoms with van der Waals surface area (Å²) in [5, 5.41) is 3.60. The molecule has 2 heteroatoms. The number of nitrogens with one attached hydrogen (secondary N) is 1. The smallest absolute Gasteiger partial charge is 0.0229 e. The van der Waals surface area contributed by atoms with Crippen LogP contribution in [-0.4, -0.2) is 36.1 Å². The Hall–Kier alpha value is -0.340. The molecule has 0 aromatic carbocycles. The minimum Gasteiger partial charge on any atom is -0.315 e. The molecule has 0 rings (SSSR count). The maximum Gasteiger partial charge on any atom is 0.0229 e. The SMILES string of the molecule is C=CCN(C(CCC)CNCC(C)C)C(C)(C)C. The molecule has 0 aromatic heterocycles. The van der Waals surface area contributed by atoms with Crippen molar-refractivity contribution >= 4 is 0 Å². The van der Waals surface area contributed by atoms with Gasteiger partial charge in [0.05, 0.1) is 0 Å². The molecule has 0 radical (unpaired) electrons. The standard InChI is InChI=1S/C16H34N2/c1-8-10-15(13-17-12-14(3)4)18(11-9-2)16(5,6)7/h9,14-15,17H,2,8,10-13H2,1,3-7H3. The average Bonchev–Trinajstić information content (AvgIpc) is 2.23. The van der Waals surface area contributed by atoms with E-state index in [2.05, 4.69) is 58.3 Å². The maximum atomic E-state index is 3.90. The number of rotatable bonds is 9. The quantitative estimate of drug-likeness (QED) is 0.631. The van der Waals surface area contributed by atoms with E-state index >= 15 is 0 Å². The van der Waals surface area contributed by atoms with Crippen LogP contribution in [0.4, 0.5) is 0 Å². The molecule has 0 saturated carbocycles. The number of hydrogen-bond acceptors (Lipinski definition) is 2. The molecule has 1 atom stereocenters. The Morgan fingerprint density at radius 2 is 1.83 bits per heavy atom. The summed E-state index contributed by atoms with van der Waals surface area (Å²) in [6.07, 6.45) is 4.50. The molecule has 0 saturated heterocycles. The molecule has 0 aliphatic heterocycles. The first-order valence-corrected chi connectivity index (χ1v) is 7.41. The minimum atomic E-state index is 0.202. The third-order valence-electron chi connectivity index (χ3n) is 3.18. The first-order valence-electron chi connectivity index (χ1n) is 7.41. The van der Waals surface area contributed by atoms with Crippen molar-refractivity contribution in [2.45, 2.75) is 66.0 Å². The summed E-state index contributed by atoms with van der Waals surface area (Å²) in [7, 11) is 0. The second kappa shape index (κ2) is 8.71. The zero-order valence-electron chi connectivity index (χ0n) is 13.4. The summed E-state index contributed by atoms with van der Waals surface area (Å²) >= 11 is 0. The van der Waals surface area contributed by atoms with Crippen LogP contribution in [0, 0.1) is 5.92 Å². The molecule has 0 spiro atoms. The van der Waals surface area contributed by atoms with E-state index in [1.165, 1.54) is 12.8 Å². The summed E-state index contributed by atoms with van der Waals surface area (Å²) in [6.45, 7) is 20.7. The molecule has 1 unspecified atom stereocenters. The molecule has 1 N–H and O–H groups in total. The fourth-order valence-corrected chi connectivity index (χ4v) is 2.35. The van der Waals surface area contributed by atoms with Gasteiger partial charge in [-0.1, -0.05) is 33.3 Å². The normalized spacial score (nSPS) is 14.2. The Bertz CT molecular complexity index is 216. The molecule has 0 aliphatic carbocycles. The summed E-state index contributed by atoms with van der Waals surface area (Å²) in [4.78, 5) is 2.57. The molecule has 0 aromatic rings. The van der Waals surface area contributed by atoms with Gasteiger partial charge < -0.3 is 5.32 Å². The van der Waals surface area contributed by atoms with Crippen molar-refractivity contribution in [2.24, 2.45) is 5.92 Å². The lowest BCUT2D eigenvalue weighted by Gasteiger charge is -2.41. The van der Waals surface area contributed by atoms with Crippen LogP contribution in [0.5, 0.6) is 0 Å². The highest BCUT2D eigenvalue weighted by atomic mass is 15.2. The van der Waals surface area contributed by atoms with Crippen molar-refractivity contribution in [3.8, 4) is 0 Å². The average molecular weight is 254 g/mol. The van der Waals surface area contributed by atoms with Gasteiger partial charge >= 0.3 is 0 Å². The zero-order chi connectivity index (χ0) is 14.2. The van der Waals surface area contributed by atoms with Gasteiger partial charge in [0.2, 0.25) is 0 Å². The molecule has 0 fully saturated rings. The molecule has 0 bridgehead atoms. The highest BCUT2D eigenvalue weighted by molar-refractivity contribution is 4.88. The van der Waals surface area contributed by atoms with Crippen LogP contribution in [0.2, 0.25) is 0 Å². The van der Waals surface area contributed by atoms with E-state index in [4.69, 9.17) is 0 Å². The van der Waals surface area contributed by atoms with Crippen molar-refractivity contribution in [1.29, 1.82) is 0 Å². The summed E-state index contributed by atoms with van der Waals surface area (Å²) in [6, 6.07) is 0.603. The predicted molar refractivity (Wildman–Crippen MR) is 83.1 cm³/mol. The fraction of sp³-hybridized carbons (Fsp3) is 0.875. The molecule has 0 amide bonds. The van der Waals surface area contributed by atoms with E-state index in [1.54, 1.807) is 0 Å². The van der Waals surface area contributed by atoms with Gasteiger partial charge in [-0.2, -0.15) is 0 Å². The Kier molecular flexibility index (Phi) is 8.54. The van der Waals surface area contributed by atoms with Crippen molar-refractivity contribution < 1.29 is 0 Å². The third kappa shape index (κ3) is 7.17. The highest BCUT2D eigenvalue weighted by Crippen LogP contribution is 2.19. The predicted octanol–water partition coefficient (Wildman–Crippen LogP) is 3.69. The van der Waals surface area contributed by atoms with Gasteiger partial charge in [0, 0.05) is 24.7 Å². The monoisotopic (exact) mass is 254 g/mol. The van der Waals surface area contributed by atoms with E-state index in [9.17, 15) is 0 Å². The molecule has 0 heterocycles. The Labute approximate surface area is 115 Å². The van der Waals surface area contributed by atoms with Gasteiger partial charge in [0.15, 0.2) is 0 Å². The van der Waals surface area contributed by atoms with Crippen molar-refractivity contribution in [1.82, 2.24) is 10.2 Å². The van der Waals surface area contributed by atoms with E-state index in [1.807, 2.05) is 6.08 Å². The topological polar surface area (TPSA) is 15.3 Å². The van der Waals surface area contributed by atoms with E-state index in [0.29, 0.717) is 6.04 Å². The zero-order valence-corrected chi connectivity index (χ0v) is 13.4. The highest BCUT2D eigenvalue weighted by Gasteiger charge is 2.26. The lowest BCUT2D eigenvalue weighted by molar-refractivity contribution is 0.0893. The molecular formula is C16H34N2.